The minimum Gasteiger partial charge on any atom is -0.378 e. The van der Waals surface area contributed by atoms with Crippen LogP contribution < -0.4 is 4.31 Å². The summed E-state index contributed by atoms with van der Waals surface area (Å²) in [6, 6.07) is 8.59. The number of hydrogen-bond acceptors (Lipinski definition) is 4. The molecule has 0 radical (unpaired) electrons. The molecule has 108 valence electrons. The van der Waals surface area contributed by atoms with Crippen LogP contribution in [0.3, 0.4) is 0 Å². The van der Waals surface area contributed by atoms with Crippen molar-refractivity contribution in [2.24, 2.45) is 0 Å². The van der Waals surface area contributed by atoms with Gasteiger partial charge in [-0.3, -0.25) is 4.31 Å². The molecule has 5 nitrogen and oxygen atoms in total. The van der Waals surface area contributed by atoms with Gasteiger partial charge in [-0.1, -0.05) is 0 Å². The lowest BCUT2D eigenvalue weighted by molar-refractivity contribution is 0.106. The number of benzene rings is 1. The van der Waals surface area contributed by atoms with E-state index in [9.17, 15) is 8.42 Å². The van der Waals surface area contributed by atoms with Crippen LogP contribution in [0.5, 0.6) is 0 Å². The van der Waals surface area contributed by atoms with Gasteiger partial charge in [0.1, 0.15) is 0 Å². The lowest BCUT2D eigenvalue weighted by atomic mass is 10.2. The summed E-state index contributed by atoms with van der Waals surface area (Å²) in [5, 5.41) is 8.78. The maximum absolute atomic E-state index is 11.9. The molecule has 1 heterocycles. The molecule has 1 aromatic carbocycles. The molecule has 0 unspecified atom stereocenters. The third-order valence-corrected chi connectivity index (χ3v) is 4.56. The van der Waals surface area contributed by atoms with Crippen LogP contribution in [0.15, 0.2) is 24.3 Å². The molecule has 20 heavy (non-hydrogen) atoms. The summed E-state index contributed by atoms with van der Waals surface area (Å²) in [5.74, 6) is 0. The fourth-order valence-corrected chi connectivity index (χ4v) is 3.26. The summed E-state index contributed by atoms with van der Waals surface area (Å²) in [4.78, 5) is 0. The molecule has 0 spiro atoms. The average molecular weight is 294 g/mol. The minimum absolute atomic E-state index is 0.151. The minimum atomic E-state index is -3.33. The molecule has 1 fully saturated rings. The van der Waals surface area contributed by atoms with E-state index in [2.05, 4.69) is 0 Å². The highest BCUT2D eigenvalue weighted by atomic mass is 32.2. The number of rotatable bonds is 5. The van der Waals surface area contributed by atoms with Gasteiger partial charge in [0.25, 0.3) is 0 Å². The number of nitrogens with zero attached hydrogens (tertiary/aromatic N) is 2. The summed E-state index contributed by atoms with van der Waals surface area (Å²) in [5.41, 5.74) is 1.10. The van der Waals surface area contributed by atoms with Gasteiger partial charge in [0.2, 0.25) is 10.0 Å². The molecule has 1 atom stereocenters. The zero-order valence-electron chi connectivity index (χ0n) is 11.4. The highest BCUT2D eigenvalue weighted by molar-refractivity contribution is 7.92. The standard InChI is InChI=1S/C14H18N2O3S/c1-20(17,18)16(9-8-14-3-2-10-19-14)13-6-4-12(11-15)5-7-13/h4-7,14H,2-3,8-10H2,1H3/t14-/m0/s1. The number of sulfonamides is 1. The Morgan fingerprint density at radius 2 is 2.10 bits per heavy atom. The molecule has 0 amide bonds. The number of anilines is 1. The predicted octanol–water partition coefficient (Wildman–Crippen LogP) is 1.89. The molecule has 6 heteroatoms. The van der Waals surface area contributed by atoms with Crippen LogP contribution in [0.25, 0.3) is 0 Å². The molecule has 1 aliphatic heterocycles. The van der Waals surface area contributed by atoms with E-state index >= 15 is 0 Å². The average Bonchev–Trinajstić information content (AvgIpc) is 2.91. The van der Waals surface area contributed by atoms with Crippen LogP contribution in [-0.2, 0) is 14.8 Å². The van der Waals surface area contributed by atoms with Crippen molar-refractivity contribution in [3.05, 3.63) is 29.8 Å². The SMILES string of the molecule is CS(=O)(=O)N(CC[C@@H]1CCCO1)c1ccc(C#N)cc1. The third-order valence-electron chi connectivity index (χ3n) is 3.36. The zero-order valence-corrected chi connectivity index (χ0v) is 12.3. The van der Waals surface area contributed by atoms with Gasteiger partial charge in [0.05, 0.1) is 29.7 Å². The van der Waals surface area contributed by atoms with Crippen molar-refractivity contribution in [3.8, 4) is 6.07 Å². The number of hydrogen-bond donors (Lipinski definition) is 0. The van der Waals surface area contributed by atoms with Crippen molar-refractivity contribution < 1.29 is 13.2 Å². The zero-order chi connectivity index (χ0) is 14.6. The Labute approximate surface area is 119 Å². The fourth-order valence-electron chi connectivity index (χ4n) is 2.32. The maximum atomic E-state index is 11.9. The maximum Gasteiger partial charge on any atom is 0.232 e. The van der Waals surface area contributed by atoms with Crippen molar-refractivity contribution in [1.29, 1.82) is 5.26 Å². The monoisotopic (exact) mass is 294 g/mol. The number of ether oxygens (including phenoxy) is 1. The van der Waals surface area contributed by atoms with Gasteiger partial charge in [-0.05, 0) is 43.5 Å². The second-order valence-corrected chi connectivity index (χ2v) is 6.82. The topological polar surface area (TPSA) is 70.4 Å². The molecule has 0 aromatic heterocycles. The van der Waals surface area contributed by atoms with E-state index in [-0.39, 0.29) is 6.10 Å². The summed E-state index contributed by atoms with van der Waals surface area (Å²) < 4.78 is 30.7. The lowest BCUT2D eigenvalue weighted by Gasteiger charge is -2.23. The van der Waals surface area contributed by atoms with Gasteiger partial charge >= 0.3 is 0 Å². The Kier molecular flexibility index (Phi) is 4.63. The van der Waals surface area contributed by atoms with Gasteiger partial charge < -0.3 is 4.74 Å². The first-order valence-corrected chi connectivity index (χ1v) is 8.45. The Hall–Kier alpha value is -1.58. The van der Waals surface area contributed by atoms with Crippen molar-refractivity contribution in [2.75, 3.05) is 23.7 Å². The van der Waals surface area contributed by atoms with Gasteiger partial charge in [-0.25, -0.2) is 8.42 Å². The summed E-state index contributed by atoms with van der Waals surface area (Å²) in [6.45, 7) is 1.16. The first-order chi connectivity index (χ1) is 9.50. The summed E-state index contributed by atoms with van der Waals surface area (Å²) in [6.07, 6.45) is 4.07. The second-order valence-electron chi connectivity index (χ2n) is 4.92. The first kappa shape index (κ1) is 14.8. The van der Waals surface area contributed by atoms with E-state index in [0.717, 1.165) is 19.4 Å². The van der Waals surface area contributed by atoms with Crippen LogP contribution in [0.1, 0.15) is 24.8 Å². The predicted molar refractivity (Wildman–Crippen MR) is 76.9 cm³/mol. The Balaban J connectivity index is 2.12. The molecule has 1 aromatic rings. The number of nitriles is 1. The summed E-state index contributed by atoms with van der Waals surface area (Å²) in [7, 11) is -3.33. The van der Waals surface area contributed by atoms with Crippen LogP contribution >= 0.6 is 0 Å². The largest absolute Gasteiger partial charge is 0.378 e. The molecule has 0 bridgehead atoms. The van der Waals surface area contributed by atoms with Gasteiger partial charge in [0, 0.05) is 13.2 Å². The fraction of sp³-hybridized carbons (Fsp3) is 0.500. The highest BCUT2D eigenvalue weighted by Gasteiger charge is 2.21. The highest BCUT2D eigenvalue weighted by Crippen LogP contribution is 2.21. The Morgan fingerprint density at radius 1 is 1.40 bits per heavy atom. The van der Waals surface area contributed by atoms with Crippen LogP contribution in [0.2, 0.25) is 0 Å². The van der Waals surface area contributed by atoms with E-state index in [4.69, 9.17) is 10.00 Å². The molecule has 1 saturated heterocycles. The van der Waals surface area contributed by atoms with E-state index in [0.29, 0.717) is 24.2 Å². The Bertz CT molecular complexity index is 584. The van der Waals surface area contributed by atoms with E-state index in [1.165, 1.54) is 10.6 Å². The van der Waals surface area contributed by atoms with Crippen LogP contribution in [-0.4, -0.2) is 33.9 Å². The van der Waals surface area contributed by atoms with Gasteiger partial charge in [-0.2, -0.15) is 5.26 Å². The molecule has 0 saturated carbocycles. The van der Waals surface area contributed by atoms with Crippen LogP contribution in [0.4, 0.5) is 5.69 Å². The second kappa shape index (κ2) is 6.25. The first-order valence-electron chi connectivity index (χ1n) is 6.60. The third kappa shape index (κ3) is 3.71. The molecule has 2 rings (SSSR count). The quantitative estimate of drug-likeness (QED) is 0.831. The van der Waals surface area contributed by atoms with Crippen molar-refractivity contribution in [2.45, 2.75) is 25.4 Å². The summed E-state index contributed by atoms with van der Waals surface area (Å²) >= 11 is 0. The van der Waals surface area contributed by atoms with E-state index < -0.39 is 10.0 Å². The van der Waals surface area contributed by atoms with E-state index in [1.54, 1.807) is 24.3 Å². The van der Waals surface area contributed by atoms with Crippen molar-refractivity contribution in [1.82, 2.24) is 0 Å². The van der Waals surface area contributed by atoms with Crippen molar-refractivity contribution in [3.63, 3.8) is 0 Å². The molecule has 1 aliphatic rings. The smallest absolute Gasteiger partial charge is 0.232 e. The van der Waals surface area contributed by atoms with Crippen LogP contribution in [0, 0.1) is 11.3 Å². The molecule has 0 aliphatic carbocycles. The van der Waals surface area contributed by atoms with Gasteiger partial charge in [-0.15, -0.1) is 0 Å². The molecular formula is C14H18N2O3S. The van der Waals surface area contributed by atoms with Crippen molar-refractivity contribution >= 4 is 15.7 Å². The molecule has 0 N–H and O–H groups in total. The van der Waals surface area contributed by atoms with E-state index in [1.807, 2.05) is 6.07 Å². The van der Waals surface area contributed by atoms with Gasteiger partial charge in [0.15, 0.2) is 0 Å². The normalized spacial score (nSPS) is 18.7. The molecular weight excluding hydrogens is 276 g/mol. The Morgan fingerprint density at radius 3 is 2.60 bits per heavy atom. The lowest BCUT2D eigenvalue weighted by Crippen LogP contribution is -2.32.